The molecule has 12 heteroatoms. The van der Waals surface area contributed by atoms with E-state index in [9.17, 15) is 4.79 Å². The Morgan fingerprint density at radius 3 is 2.92 bits per heavy atom. The second-order valence-electron chi connectivity index (χ2n) is 8.95. The molecule has 11 nitrogen and oxygen atoms in total. The quantitative estimate of drug-likeness (QED) is 0.404. The van der Waals surface area contributed by atoms with Crippen LogP contribution in [0.3, 0.4) is 0 Å². The van der Waals surface area contributed by atoms with E-state index in [0.29, 0.717) is 30.3 Å². The third-order valence-corrected chi connectivity index (χ3v) is 6.56. The van der Waals surface area contributed by atoms with Crippen LogP contribution >= 0.6 is 0 Å². The number of aromatic nitrogens is 8. The number of rotatable bonds is 8. The molecule has 6 rings (SSSR count). The van der Waals surface area contributed by atoms with E-state index in [-0.39, 0.29) is 18.0 Å². The van der Waals surface area contributed by atoms with Gasteiger partial charge in [-0.15, -0.1) is 5.10 Å². The van der Waals surface area contributed by atoms with Gasteiger partial charge in [-0.1, -0.05) is 12.1 Å². The van der Waals surface area contributed by atoms with Crippen molar-refractivity contribution in [3.05, 3.63) is 77.8 Å². The summed E-state index contributed by atoms with van der Waals surface area (Å²) < 4.78 is 25.5. The summed E-state index contributed by atoms with van der Waals surface area (Å²) in [5.41, 5.74) is 4.06. The zero-order valence-corrected chi connectivity index (χ0v) is 19.6. The highest BCUT2D eigenvalue weighted by Gasteiger charge is 2.27. The molecule has 1 saturated carbocycles. The zero-order valence-electron chi connectivity index (χ0n) is 19.6. The number of halogens is 1. The molecule has 4 aromatic heterocycles. The topological polar surface area (TPSA) is 117 Å². The molecule has 4 aromatic rings. The number of hydrogen-bond acceptors (Lipinski definition) is 7. The largest absolute Gasteiger partial charge is 0.374 e. The van der Waals surface area contributed by atoms with Gasteiger partial charge in [0.2, 0.25) is 0 Å². The Hall–Kier alpha value is -4.19. The molecule has 0 bridgehead atoms. The lowest BCUT2D eigenvalue weighted by Crippen LogP contribution is -2.31. The predicted molar refractivity (Wildman–Crippen MR) is 126 cm³/mol. The van der Waals surface area contributed by atoms with Gasteiger partial charge >= 0.3 is 0 Å². The molecule has 1 atom stereocenters. The number of amides is 1. The lowest BCUT2D eigenvalue weighted by molar-refractivity contribution is 0.0945. The maximum absolute atomic E-state index is 15.2. The highest BCUT2D eigenvalue weighted by molar-refractivity contribution is 5.93. The fourth-order valence-electron chi connectivity index (χ4n) is 4.51. The van der Waals surface area contributed by atoms with E-state index in [1.165, 1.54) is 42.7 Å². The SMILES string of the molecule is COC1CC=C(n2cnnn2)C(CNC(=O)c2cncn2Cc2cn3cc(C4CC4)ccc3n2)=C1F. The summed E-state index contributed by atoms with van der Waals surface area (Å²) in [6.07, 6.45) is 12.4. The van der Waals surface area contributed by atoms with Gasteiger partial charge in [0.25, 0.3) is 5.91 Å². The number of pyridine rings is 1. The van der Waals surface area contributed by atoms with E-state index >= 15 is 4.39 Å². The number of tetrazole rings is 1. The Balaban J connectivity index is 1.19. The summed E-state index contributed by atoms with van der Waals surface area (Å²) in [5.74, 6) is -0.193. The molecule has 184 valence electrons. The average Bonchev–Trinajstić information content (AvgIpc) is 3.24. The summed E-state index contributed by atoms with van der Waals surface area (Å²) in [6.45, 7) is 0.307. The first kappa shape index (κ1) is 22.3. The molecule has 36 heavy (non-hydrogen) atoms. The number of carbonyl (C=O) groups is 1. The van der Waals surface area contributed by atoms with Gasteiger partial charge in [0.15, 0.2) is 0 Å². The first-order valence-electron chi connectivity index (χ1n) is 11.7. The van der Waals surface area contributed by atoms with Crippen molar-refractivity contribution >= 4 is 17.3 Å². The Bertz CT molecular complexity index is 1480. The fraction of sp³-hybridized carbons (Fsp3) is 0.333. The Labute approximate surface area is 205 Å². The maximum Gasteiger partial charge on any atom is 0.269 e. The first-order valence-corrected chi connectivity index (χ1v) is 11.7. The van der Waals surface area contributed by atoms with Crippen molar-refractivity contribution in [2.45, 2.75) is 37.8 Å². The molecular formula is C24H24FN9O2. The lowest BCUT2D eigenvalue weighted by atomic mass is 9.99. The van der Waals surface area contributed by atoms with Gasteiger partial charge in [-0.2, -0.15) is 0 Å². The van der Waals surface area contributed by atoms with E-state index in [0.717, 1.165) is 11.3 Å². The number of nitrogens with zero attached hydrogens (tertiary/aromatic N) is 8. The van der Waals surface area contributed by atoms with Crippen LogP contribution in [0.4, 0.5) is 4.39 Å². The van der Waals surface area contributed by atoms with Crippen molar-refractivity contribution < 1.29 is 13.9 Å². The second-order valence-corrected chi connectivity index (χ2v) is 8.95. The summed E-state index contributed by atoms with van der Waals surface area (Å²) >= 11 is 0. The summed E-state index contributed by atoms with van der Waals surface area (Å²) in [5, 5.41) is 13.9. The molecule has 0 spiro atoms. The Morgan fingerprint density at radius 2 is 2.14 bits per heavy atom. The number of hydrogen-bond donors (Lipinski definition) is 1. The summed E-state index contributed by atoms with van der Waals surface area (Å²) in [7, 11) is 1.45. The summed E-state index contributed by atoms with van der Waals surface area (Å²) in [4.78, 5) is 21.9. The Kier molecular flexibility index (Phi) is 5.64. The van der Waals surface area contributed by atoms with E-state index in [4.69, 9.17) is 4.74 Å². The van der Waals surface area contributed by atoms with Crippen LogP contribution in [0.2, 0.25) is 0 Å². The number of imidazole rings is 2. The molecule has 0 aromatic carbocycles. The molecule has 2 aliphatic carbocycles. The number of methoxy groups -OCH3 is 1. The van der Waals surface area contributed by atoms with Crippen LogP contribution in [-0.2, 0) is 11.3 Å². The van der Waals surface area contributed by atoms with Gasteiger partial charge in [0.1, 0.15) is 29.6 Å². The van der Waals surface area contributed by atoms with Gasteiger partial charge < -0.3 is 19.0 Å². The highest BCUT2D eigenvalue weighted by atomic mass is 19.1. The fourth-order valence-corrected chi connectivity index (χ4v) is 4.51. The molecule has 1 fully saturated rings. The van der Waals surface area contributed by atoms with Gasteiger partial charge in [0.05, 0.1) is 30.5 Å². The lowest BCUT2D eigenvalue weighted by Gasteiger charge is -2.23. The van der Waals surface area contributed by atoms with Crippen molar-refractivity contribution in [3.8, 4) is 0 Å². The molecule has 0 radical (unpaired) electrons. The van der Waals surface area contributed by atoms with Crippen molar-refractivity contribution in [3.63, 3.8) is 0 Å². The van der Waals surface area contributed by atoms with Crippen molar-refractivity contribution in [2.75, 3.05) is 13.7 Å². The van der Waals surface area contributed by atoms with E-state index in [2.05, 4.69) is 43.1 Å². The van der Waals surface area contributed by atoms with Crippen molar-refractivity contribution in [1.82, 2.24) is 44.5 Å². The Morgan fingerprint density at radius 1 is 1.25 bits per heavy atom. The number of carbonyl (C=O) groups excluding carboxylic acids is 1. The maximum atomic E-state index is 15.2. The van der Waals surface area contributed by atoms with Crippen LogP contribution in [-0.4, -0.2) is 64.8 Å². The van der Waals surface area contributed by atoms with Crippen LogP contribution in [0, 0.1) is 0 Å². The molecule has 1 N–H and O–H groups in total. The molecule has 1 amide bonds. The highest BCUT2D eigenvalue weighted by Crippen LogP contribution is 2.39. The minimum atomic E-state index is -0.724. The number of nitrogens with one attached hydrogen (secondary N) is 1. The normalized spacial score (nSPS) is 18.1. The molecular weight excluding hydrogens is 465 g/mol. The van der Waals surface area contributed by atoms with Crippen molar-refractivity contribution in [1.29, 1.82) is 0 Å². The predicted octanol–water partition coefficient (Wildman–Crippen LogP) is 2.36. The molecule has 4 heterocycles. The van der Waals surface area contributed by atoms with E-state index in [1.807, 2.05) is 16.7 Å². The summed E-state index contributed by atoms with van der Waals surface area (Å²) in [6, 6.07) is 4.15. The van der Waals surface area contributed by atoms with Crippen LogP contribution in [0.15, 0.2) is 60.9 Å². The zero-order chi connectivity index (χ0) is 24.6. The van der Waals surface area contributed by atoms with Crippen molar-refractivity contribution in [2.24, 2.45) is 0 Å². The smallest absolute Gasteiger partial charge is 0.269 e. The van der Waals surface area contributed by atoms with Crippen LogP contribution in [0.25, 0.3) is 11.3 Å². The molecule has 2 aliphatic rings. The molecule has 0 saturated heterocycles. The van der Waals surface area contributed by atoms with Gasteiger partial charge in [-0.3, -0.25) is 4.79 Å². The van der Waals surface area contributed by atoms with Gasteiger partial charge in [0, 0.05) is 38.0 Å². The minimum absolute atomic E-state index is 0.0697. The number of ether oxygens (including phenoxy) is 1. The second kappa shape index (κ2) is 9.11. The molecule has 0 aliphatic heterocycles. The first-order chi connectivity index (χ1) is 17.6. The van der Waals surface area contributed by atoms with Crippen LogP contribution in [0.1, 0.15) is 46.9 Å². The van der Waals surface area contributed by atoms with Gasteiger partial charge in [-0.25, -0.2) is 19.0 Å². The van der Waals surface area contributed by atoms with E-state index in [1.54, 1.807) is 17.0 Å². The minimum Gasteiger partial charge on any atom is -0.374 e. The van der Waals surface area contributed by atoms with E-state index < -0.39 is 11.9 Å². The van der Waals surface area contributed by atoms with Gasteiger partial charge in [-0.05, 0) is 40.8 Å². The third-order valence-electron chi connectivity index (χ3n) is 6.56. The third kappa shape index (κ3) is 4.19. The monoisotopic (exact) mass is 489 g/mol. The van der Waals surface area contributed by atoms with Crippen LogP contribution < -0.4 is 5.32 Å². The van der Waals surface area contributed by atoms with Crippen LogP contribution in [0.5, 0.6) is 0 Å². The number of fused-ring (bicyclic) bond motifs is 1. The standard InChI is InChI=1S/C24H24FN9O2/c1-36-21-6-5-19(34-14-28-30-31-34)18(23(21)25)8-27-24(35)20-9-26-13-33(20)12-17-11-32-10-16(15-2-3-15)4-7-22(32)29-17/h4-5,7,9-11,13-15,21H,2-3,6,8,12H2,1H3,(H,27,35). The molecule has 1 unspecified atom stereocenters. The average molecular weight is 490 g/mol.